The van der Waals surface area contributed by atoms with E-state index >= 15 is 0 Å². The maximum absolute atomic E-state index is 12.1. The molecule has 0 rings (SSSR count). The number of hydrogen-bond donors (Lipinski definition) is 4. The van der Waals surface area contributed by atoms with Crippen molar-refractivity contribution in [3.8, 4) is 0 Å². The standard InChI is InChI=1S/C39H76O6.C2H6O2/c1-4-6-8-22-28-36(40)30-24-18-14-10-12-16-20-26-32-38(42)44-34-35(3)45-39(43)33-27-21-17-13-11-15-19-25-31-37(41)29-23-9-7-5-2;3-1-2-4/h35-37,40-41H,4-34H2,1-3H3;3-4H,1-2H2. The molecule has 8 heteroatoms. The summed E-state index contributed by atoms with van der Waals surface area (Å²) in [5, 5.41) is 35.3. The van der Waals surface area contributed by atoms with Gasteiger partial charge in [-0.15, -0.1) is 0 Å². The second-order valence-electron chi connectivity index (χ2n) is 14.2. The van der Waals surface area contributed by atoms with Gasteiger partial charge in [-0.3, -0.25) is 9.59 Å². The van der Waals surface area contributed by atoms with Gasteiger partial charge in [0.15, 0.2) is 0 Å². The molecule has 3 unspecified atom stereocenters. The number of esters is 2. The van der Waals surface area contributed by atoms with Crippen LogP contribution in [0.5, 0.6) is 0 Å². The Bertz CT molecular complexity index is 672. The molecule has 0 aromatic carbocycles. The molecule has 0 aliphatic rings. The van der Waals surface area contributed by atoms with E-state index in [2.05, 4.69) is 13.8 Å². The molecule has 0 spiro atoms. The van der Waals surface area contributed by atoms with Crippen LogP contribution < -0.4 is 0 Å². The molecule has 0 aromatic rings. The highest BCUT2D eigenvalue weighted by atomic mass is 16.6. The molecule has 0 saturated carbocycles. The van der Waals surface area contributed by atoms with Crippen molar-refractivity contribution in [1.29, 1.82) is 0 Å². The minimum atomic E-state index is -0.404. The molecule has 294 valence electrons. The van der Waals surface area contributed by atoms with E-state index in [-0.39, 0.29) is 44.0 Å². The van der Waals surface area contributed by atoms with E-state index in [9.17, 15) is 19.8 Å². The van der Waals surface area contributed by atoms with Crippen LogP contribution in [0.25, 0.3) is 0 Å². The number of carbonyl (C=O) groups is 2. The molecule has 8 nitrogen and oxygen atoms in total. The van der Waals surface area contributed by atoms with Gasteiger partial charge in [0.25, 0.3) is 0 Å². The lowest BCUT2D eigenvalue weighted by Gasteiger charge is -2.13. The summed E-state index contributed by atoms with van der Waals surface area (Å²) < 4.78 is 10.7. The van der Waals surface area contributed by atoms with Crippen LogP contribution in [-0.2, 0) is 19.1 Å². The van der Waals surface area contributed by atoms with Crippen LogP contribution in [0.1, 0.15) is 213 Å². The Kier molecular flexibility index (Phi) is 42.0. The van der Waals surface area contributed by atoms with Crippen LogP contribution >= 0.6 is 0 Å². The Morgan fingerprint density at radius 3 is 1.12 bits per heavy atom. The normalized spacial score (nSPS) is 13.0. The zero-order valence-corrected chi connectivity index (χ0v) is 32.5. The quantitative estimate of drug-likeness (QED) is 0.0375. The van der Waals surface area contributed by atoms with Crippen LogP contribution in [0, 0.1) is 0 Å². The lowest BCUT2D eigenvalue weighted by Crippen LogP contribution is -2.22. The molecule has 0 heterocycles. The Hall–Kier alpha value is -1.22. The first-order chi connectivity index (χ1) is 23.8. The SMILES string of the molecule is CCCCCCC(O)CCCCCCCCCCC(=O)OCC(C)OC(=O)CCCCCCCCCCC(O)CCCCCC.OCCO. The fourth-order valence-electron chi connectivity index (χ4n) is 5.92. The van der Waals surface area contributed by atoms with E-state index in [1.165, 1.54) is 89.9 Å². The molecule has 0 saturated heterocycles. The van der Waals surface area contributed by atoms with Gasteiger partial charge >= 0.3 is 11.9 Å². The number of hydrogen-bond acceptors (Lipinski definition) is 8. The summed E-state index contributed by atoms with van der Waals surface area (Å²) in [6.07, 6.45) is 31.9. The molecule has 0 aliphatic carbocycles. The van der Waals surface area contributed by atoms with Gasteiger partial charge in [0.1, 0.15) is 12.7 Å². The van der Waals surface area contributed by atoms with E-state index in [1.807, 2.05) is 0 Å². The molecule has 0 aromatic heterocycles. The second-order valence-corrected chi connectivity index (χ2v) is 14.2. The summed E-state index contributed by atoms with van der Waals surface area (Å²) in [5.74, 6) is -0.407. The van der Waals surface area contributed by atoms with Gasteiger partial charge in [-0.25, -0.2) is 0 Å². The predicted octanol–water partition coefficient (Wildman–Crippen LogP) is 9.90. The number of carbonyl (C=O) groups excluding carboxylic acids is 2. The van der Waals surface area contributed by atoms with Crippen LogP contribution in [0.2, 0.25) is 0 Å². The third-order valence-electron chi connectivity index (χ3n) is 9.03. The highest BCUT2D eigenvalue weighted by Gasteiger charge is 2.12. The first-order valence-corrected chi connectivity index (χ1v) is 20.7. The van der Waals surface area contributed by atoms with E-state index in [4.69, 9.17) is 19.7 Å². The minimum absolute atomic E-state index is 0.112. The zero-order valence-electron chi connectivity index (χ0n) is 32.5. The van der Waals surface area contributed by atoms with E-state index in [0.29, 0.717) is 12.8 Å². The molecular weight excluding hydrogens is 620 g/mol. The van der Waals surface area contributed by atoms with Crippen molar-refractivity contribution in [2.45, 2.75) is 232 Å². The van der Waals surface area contributed by atoms with Gasteiger partial charge in [0.05, 0.1) is 25.4 Å². The number of aliphatic hydroxyl groups is 4. The fourth-order valence-corrected chi connectivity index (χ4v) is 5.92. The molecule has 0 fully saturated rings. The first kappa shape index (κ1) is 49.9. The van der Waals surface area contributed by atoms with Crippen LogP contribution in [-0.4, -0.2) is 70.5 Å². The molecule has 4 N–H and O–H groups in total. The summed E-state index contributed by atoms with van der Waals surface area (Å²) in [5.41, 5.74) is 0. The van der Waals surface area contributed by atoms with Gasteiger partial charge in [-0.1, -0.05) is 155 Å². The number of rotatable bonds is 36. The number of ether oxygens (including phenoxy) is 2. The molecule has 49 heavy (non-hydrogen) atoms. The summed E-state index contributed by atoms with van der Waals surface area (Å²) >= 11 is 0. The van der Waals surface area contributed by atoms with Gasteiger partial charge < -0.3 is 29.9 Å². The molecule has 0 aliphatic heterocycles. The van der Waals surface area contributed by atoms with Gasteiger partial charge in [0.2, 0.25) is 0 Å². The Morgan fingerprint density at radius 1 is 0.469 bits per heavy atom. The predicted molar refractivity (Wildman–Crippen MR) is 203 cm³/mol. The van der Waals surface area contributed by atoms with Gasteiger partial charge in [-0.2, -0.15) is 0 Å². The smallest absolute Gasteiger partial charge is 0.306 e. The first-order valence-electron chi connectivity index (χ1n) is 20.7. The third-order valence-corrected chi connectivity index (χ3v) is 9.03. The van der Waals surface area contributed by atoms with E-state index in [0.717, 1.165) is 89.9 Å². The topological polar surface area (TPSA) is 134 Å². The maximum atomic E-state index is 12.1. The molecule has 3 atom stereocenters. The van der Waals surface area contributed by atoms with E-state index in [1.54, 1.807) is 6.92 Å². The average molecular weight is 703 g/mol. The van der Waals surface area contributed by atoms with Crippen LogP contribution in [0.4, 0.5) is 0 Å². The third kappa shape index (κ3) is 42.9. The van der Waals surface area contributed by atoms with E-state index < -0.39 is 6.10 Å². The van der Waals surface area contributed by atoms with Gasteiger partial charge in [0, 0.05) is 12.8 Å². The Balaban J connectivity index is 0. The summed E-state index contributed by atoms with van der Waals surface area (Å²) in [6.45, 7) is 6.10. The molecule has 0 amide bonds. The van der Waals surface area contributed by atoms with Crippen LogP contribution in [0.15, 0.2) is 0 Å². The highest BCUT2D eigenvalue weighted by molar-refractivity contribution is 5.70. The second kappa shape index (κ2) is 41.2. The molecular formula is C41H82O8. The van der Waals surface area contributed by atoms with Crippen molar-refractivity contribution in [3.05, 3.63) is 0 Å². The highest BCUT2D eigenvalue weighted by Crippen LogP contribution is 2.16. The average Bonchev–Trinajstić information content (AvgIpc) is 3.09. The lowest BCUT2D eigenvalue weighted by atomic mass is 10.0. The van der Waals surface area contributed by atoms with Crippen molar-refractivity contribution in [2.24, 2.45) is 0 Å². The number of aliphatic hydroxyl groups excluding tert-OH is 4. The Labute approximate surface area is 302 Å². The summed E-state index contributed by atoms with van der Waals surface area (Å²) in [7, 11) is 0. The molecule has 0 bridgehead atoms. The monoisotopic (exact) mass is 703 g/mol. The van der Waals surface area contributed by atoms with Crippen molar-refractivity contribution in [1.82, 2.24) is 0 Å². The summed E-state index contributed by atoms with van der Waals surface area (Å²) in [4.78, 5) is 24.2. The lowest BCUT2D eigenvalue weighted by molar-refractivity contribution is -0.158. The largest absolute Gasteiger partial charge is 0.462 e. The minimum Gasteiger partial charge on any atom is -0.462 e. The Morgan fingerprint density at radius 2 is 0.776 bits per heavy atom. The maximum Gasteiger partial charge on any atom is 0.306 e. The molecule has 0 radical (unpaired) electrons. The van der Waals surface area contributed by atoms with Crippen molar-refractivity contribution >= 4 is 11.9 Å². The van der Waals surface area contributed by atoms with Crippen molar-refractivity contribution in [2.75, 3.05) is 19.8 Å². The van der Waals surface area contributed by atoms with Crippen molar-refractivity contribution in [3.63, 3.8) is 0 Å². The van der Waals surface area contributed by atoms with Gasteiger partial charge in [-0.05, 0) is 45.4 Å². The van der Waals surface area contributed by atoms with Crippen molar-refractivity contribution < 1.29 is 39.5 Å². The number of unbranched alkanes of at least 4 members (excludes halogenated alkanes) is 20. The van der Waals surface area contributed by atoms with Crippen LogP contribution in [0.3, 0.4) is 0 Å². The fraction of sp³-hybridized carbons (Fsp3) is 0.951. The zero-order chi connectivity index (χ0) is 36.6. The summed E-state index contributed by atoms with van der Waals surface area (Å²) in [6, 6.07) is 0.